The first kappa shape index (κ1) is 12.3. The summed E-state index contributed by atoms with van der Waals surface area (Å²) in [5.41, 5.74) is 4.59. The number of carbonyl (C=O) groups is 1. The molecule has 7 heteroatoms. The van der Waals surface area contributed by atoms with Gasteiger partial charge in [-0.1, -0.05) is 0 Å². The molecule has 0 bridgehead atoms. The van der Waals surface area contributed by atoms with Gasteiger partial charge in [-0.25, -0.2) is 8.78 Å². The zero-order valence-corrected chi connectivity index (χ0v) is 8.15. The quantitative estimate of drug-likeness (QED) is 0.713. The van der Waals surface area contributed by atoms with Gasteiger partial charge in [0.2, 0.25) is 0 Å². The number of aromatic nitrogens is 1. The maximum atomic E-state index is 12.4. The molecule has 0 aliphatic rings. The lowest BCUT2D eigenvalue weighted by molar-refractivity contribution is -0.136. The van der Waals surface area contributed by atoms with Gasteiger partial charge < -0.3 is 15.9 Å². The number of hydrogen-bond donors (Lipinski definition) is 3. The van der Waals surface area contributed by atoms with Crippen molar-refractivity contribution in [2.45, 2.75) is 19.4 Å². The Morgan fingerprint density at radius 2 is 2.19 bits per heavy atom. The van der Waals surface area contributed by atoms with Crippen LogP contribution in [0.25, 0.3) is 0 Å². The summed E-state index contributed by atoms with van der Waals surface area (Å²) in [5.74, 6) is -2.03. The van der Waals surface area contributed by atoms with Crippen LogP contribution in [0.2, 0.25) is 0 Å². The van der Waals surface area contributed by atoms with E-state index in [1.165, 1.54) is 0 Å². The summed E-state index contributed by atoms with van der Waals surface area (Å²) >= 11 is 0. The molecule has 0 atom stereocenters. The molecule has 16 heavy (non-hydrogen) atoms. The summed E-state index contributed by atoms with van der Waals surface area (Å²) in [7, 11) is 0. The molecule has 5 nitrogen and oxygen atoms in total. The first-order chi connectivity index (χ1) is 7.47. The first-order valence-corrected chi connectivity index (χ1v) is 4.37. The molecular weight excluding hydrogens is 222 g/mol. The molecule has 0 fully saturated rings. The van der Waals surface area contributed by atoms with E-state index in [9.17, 15) is 18.7 Å². The van der Waals surface area contributed by atoms with Crippen molar-refractivity contribution in [2.24, 2.45) is 5.73 Å². The number of halogens is 2. The third-order valence-electron chi connectivity index (χ3n) is 2.03. The van der Waals surface area contributed by atoms with E-state index in [2.05, 4.69) is 4.98 Å². The van der Waals surface area contributed by atoms with Crippen LogP contribution in [-0.4, -0.2) is 21.2 Å². The summed E-state index contributed by atoms with van der Waals surface area (Å²) in [6, 6.07) is 0. The number of aliphatic carboxylic acids is 1. The van der Waals surface area contributed by atoms with E-state index in [1.54, 1.807) is 0 Å². The monoisotopic (exact) mass is 232 g/mol. The van der Waals surface area contributed by atoms with Gasteiger partial charge in [0.25, 0.3) is 6.43 Å². The van der Waals surface area contributed by atoms with Crippen molar-refractivity contribution < 1.29 is 23.8 Å². The Morgan fingerprint density at radius 3 is 2.62 bits per heavy atom. The number of alkyl halides is 2. The van der Waals surface area contributed by atoms with Crippen LogP contribution in [0, 0.1) is 0 Å². The Kier molecular flexibility index (Phi) is 3.73. The van der Waals surface area contributed by atoms with Gasteiger partial charge in [-0.15, -0.1) is 0 Å². The summed E-state index contributed by atoms with van der Waals surface area (Å²) in [6.07, 6.45) is -2.47. The van der Waals surface area contributed by atoms with Crippen LogP contribution in [0.4, 0.5) is 8.78 Å². The minimum absolute atomic E-state index is 0.0767. The van der Waals surface area contributed by atoms with E-state index in [0.717, 1.165) is 6.20 Å². The van der Waals surface area contributed by atoms with Gasteiger partial charge in [-0.3, -0.25) is 9.78 Å². The maximum Gasteiger partial charge on any atom is 0.307 e. The molecule has 88 valence electrons. The average Bonchev–Trinajstić information content (AvgIpc) is 2.19. The number of nitrogens with two attached hydrogens (primary N) is 1. The van der Waals surface area contributed by atoms with Gasteiger partial charge in [0.1, 0.15) is 11.4 Å². The minimum Gasteiger partial charge on any atom is -0.505 e. The average molecular weight is 232 g/mol. The standard InChI is InChI=1S/C9H10F2N2O3/c10-9(11)7-8(16)5(1-6(14)15)4(2-12)3-13-7/h3,9,16H,1-2,12H2,(H,14,15). The van der Waals surface area contributed by atoms with Crippen LogP contribution in [0.3, 0.4) is 0 Å². The van der Waals surface area contributed by atoms with Crippen LogP contribution < -0.4 is 5.73 Å². The Bertz CT molecular complexity index is 410. The fraction of sp³-hybridized carbons (Fsp3) is 0.333. The Labute approximate surface area is 89.5 Å². The lowest BCUT2D eigenvalue weighted by atomic mass is 10.0. The highest BCUT2D eigenvalue weighted by atomic mass is 19.3. The van der Waals surface area contributed by atoms with E-state index in [-0.39, 0.29) is 17.7 Å². The van der Waals surface area contributed by atoms with Crippen LogP contribution >= 0.6 is 0 Å². The summed E-state index contributed by atoms with van der Waals surface area (Å²) in [6.45, 7) is -0.0767. The predicted molar refractivity (Wildman–Crippen MR) is 50.1 cm³/mol. The highest BCUT2D eigenvalue weighted by Gasteiger charge is 2.21. The van der Waals surface area contributed by atoms with Gasteiger partial charge in [0, 0.05) is 18.3 Å². The second-order valence-electron chi connectivity index (χ2n) is 3.07. The van der Waals surface area contributed by atoms with Crippen LogP contribution in [0.15, 0.2) is 6.20 Å². The Hall–Kier alpha value is -1.76. The molecule has 0 saturated heterocycles. The second-order valence-corrected chi connectivity index (χ2v) is 3.07. The van der Waals surface area contributed by atoms with E-state index >= 15 is 0 Å². The summed E-state index contributed by atoms with van der Waals surface area (Å²) in [4.78, 5) is 13.9. The van der Waals surface area contributed by atoms with Crippen molar-refractivity contribution in [1.82, 2.24) is 4.98 Å². The van der Waals surface area contributed by atoms with Gasteiger partial charge in [0.15, 0.2) is 0 Å². The molecule has 0 aliphatic heterocycles. The molecule has 0 aromatic carbocycles. The number of rotatable bonds is 4. The highest BCUT2D eigenvalue weighted by molar-refractivity contribution is 5.72. The van der Waals surface area contributed by atoms with Crippen LogP contribution in [-0.2, 0) is 17.8 Å². The molecule has 1 aromatic heterocycles. The third-order valence-corrected chi connectivity index (χ3v) is 2.03. The zero-order valence-electron chi connectivity index (χ0n) is 8.15. The van der Waals surface area contributed by atoms with Crippen molar-refractivity contribution in [2.75, 3.05) is 0 Å². The van der Waals surface area contributed by atoms with E-state index in [0.29, 0.717) is 0 Å². The van der Waals surface area contributed by atoms with Crippen molar-refractivity contribution in [3.63, 3.8) is 0 Å². The molecule has 0 aliphatic carbocycles. The number of aromatic hydroxyl groups is 1. The van der Waals surface area contributed by atoms with Gasteiger partial charge in [0.05, 0.1) is 6.42 Å². The van der Waals surface area contributed by atoms with Crippen molar-refractivity contribution in [1.29, 1.82) is 0 Å². The number of nitrogens with zero attached hydrogens (tertiary/aromatic N) is 1. The molecule has 0 spiro atoms. The van der Waals surface area contributed by atoms with Crippen molar-refractivity contribution in [3.05, 3.63) is 23.0 Å². The van der Waals surface area contributed by atoms with E-state index in [1.807, 2.05) is 0 Å². The summed E-state index contributed by atoms with van der Waals surface area (Å²) < 4.78 is 24.8. The second kappa shape index (κ2) is 4.84. The largest absolute Gasteiger partial charge is 0.505 e. The number of pyridine rings is 1. The zero-order chi connectivity index (χ0) is 12.3. The lowest BCUT2D eigenvalue weighted by Gasteiger charge is -2.11. The minimum atomic E-state index is -2.96. The van der Waals surface area contributed by atoms with Gasteiger partial charge in [-0.2, -0.15) is 0 Å². The van der Waals surface area contributed by atoms with E-state index < -0.39 is 30.3 Å². The molecular formula is C9H10F2N2O3. The third kappa shape index (κ3) is 2.43. The molecule has 4 N–H and O–H groups in total. The molecule has 0 unspecified atom stereocenters. The normalized spacial score (nSPS) is 10.8. The van der Waals surface area contributed by atoms with Crippen LogP contribution in [0.5, 0.6) is 5.75 Å². The Morgan fingerprint density at radius 1 is 1.56 bits per heavy atom. The van der Waals surface area contributed by atoms with E-state index in [4.69, 9.17) is 10.8 Å². The predicted octanol–water partition coefficient (Wildman–Crippen LogP) is 0.811. The Balaban J connectivity index is 3.28. The van der Waals surface area contributed by atoms with Crippen LogP contribution in [0.1, 0.15) is 23.2 Å². The van der Waals surface area contributed by atoms with Crippen molar-refractivity contribution in [3.8, 4) is 5.75 Å². The number of hydrogen-bond acceptors (Lipinski definition) is 4. The molecule has 0 amide bonds. The van der Waals surface area contributed by atoms with Crippen molar-refractivity contribution >= 4 is 5.97 Å². The fourth-order valence-electron chi connectivity index (χ4n) is 1.28. The first-order valence-electron chi connectivity index (χ1n) is 4.37. The fourth-order valence-corrected chi connectivity index (χ4v) is 1.28. The molecule has 1 rings (SSSR count). The number of carboxylic acid groups (broad SMARTS) is 1. The highest BCUT2D eigenvalue weighted by Crippen LogP contribution is 2.31. The topological polar surface area (TPSA) is 96.4 Å². The van der Waals surface area contributed by atoms with Gasteiger partial charge >= 0.3 is 5.97 Å². The maximum absolute atomic E-state index is 12.4. The smallest absolute Gasteiger partial charge is 0.307 e. The molecule has 0 radical (unpaired) electrons. The van der Waals surface area contributed by atoms with Gasteiger partial charge in [-0.05, 0) is 5.56 Å². The molecule has 0 saturated carbocycles. The lowest BCUT2D eigenvalue weighted by Crippen LogP contribution is -2.10. The molecule has 1 heterocycles. The SMILES string of the molecule is NCc1cnc(C(F)F)c(O)c1CC(=O)O. The summed E-state index contributed by atoms with van der Waals surface area (Å²) in [5, 5.41) is 18.0. The molecule has 1 aromatic rings. The number of carboxylic acids is 1.